The van der Waals surface area contributed by atoms with Gasteiger partial charge in [-0.3, -0.25) is 9.69 Å². The van der Waals surface area contributed by atoms with Crippen molar-refractivity contribution < 1.29 is 4.79 Å². The summed E-state index contributed by atoms with van der Waals surface area (Å²) in [6.45, 7) is 7.88. The van der Waals surface area contributed by atoms with E-state index in [9.17, 15) is 4.79 Å². The maximum atomic E-state index is 12.8. The fourth-order valence-corrected chi connectivity index (χ4v) is 4.11. The summed E-state index contributed by atoms with van der Waals surface area (Å²) >= 11 is 1.50. The zero-order valence-electron chi connectivity index (χ0n) is 12.5. The first-order valence-electron chi connectivity index (χ1n) is 7.42. The molecule has 1 fully saturated rings. The van der Waals surface area contributed by atoms with Gasteiger partial charge in [0.25, 0.3) is 5.91 Å². The molecular formula is C16H21N3OS. The van der Waals surface area contributed by atoms with Crippen LogP contribution in [0.25, 0.3) is 10.1 Å². The Morgan fingerprint density at radius 3 is 2.81 bits per heavy atom. The normalized spacial score (nSPS) is 20.1. The molecule has 112 valence electrons. The van der Waals surface area contributed by atoms with Crippen LogP contribution in [0.3, 0.4) is 0 Å². The van der Waals surface area contributed by atoms with Crippen molar-refractivity contribution in [1.82, 2.24) is 9.80 Å². The number of nitrogen functional groups attached to an aromatic ring is 1. The zero-order valence-corrected chi connectivity index (χ0v) is 13.3. The molecule has 2 heterocycles. The first-order valence-corrected chi connectivity index (χ1v) is 8.23. The highest BCUT2D eigenvalue weighted by Crippen LogP contribution is 2.34. The van der Waals surface area contributed by atoms with E-state index >= 15 is 0 Å². The van der Waals surface area contributed by atoms with Crippen molar-refractivity contribution in [1.29, 1.82) is 0 Å². The Labute approximate surface area is 129 Å². The summed E-state index contributed by atoms with van der Waals surface area (Å²) in [5.74, 6) is 0.0799. The number of fused-ring (bicyclic) bond motifs is 1. The van der Waals surface area contributed by atoms with E-state index in [0.29, 0.717) is 16.6 Å². The van der Waals surface area contributed by atoms with Crippen LogP contribution >= 0.6 is 11.3 Å². The second kappa shape index (κ2) is 5.66. The number of benzene rings is 1. The number of carbonyl (C=O) groups excluding carboxylic acids is 1. The average molecular weight is 303 g/mol. The summed E-state index contributed by atoms with van der Waals surface area (Å²) in [6.07, 6.45) is 0. The molecule has 4 nitrogen and oxygen atoms in total. The maximum Gasteiger partial charge on any atom is 0.266 e. The lowest BCUT2D eigenvalue weighted by Gasteiger charge is -2.39. The van der Waals surface area contributed by atoms with Crippen LogP contribution in [0.15, 0.2) is 24.3 Å². The van der Waals surface area contributed by atoms with Crippen LogP contribution in [0.4, 0.5) is 5.69 Å². The third-order valence-electron chi connectivity index (χ3n) is 4.29. The van der Waals surface area contributed by atoms with Crippen molar-refractivity contribution >= 4 is 33.0 Å². The number of amides is 1. The van der Waals surface area contributed by atoms with E-state index in [1.165, 1.54) is 11.3 Å². The molecule has 2 aromatic rings. The molecule has 2 N–H and O–H groups in total. The summed E-state index contributed by atoms with van der Waals surface area (Å²) in [5, 5.41) is 0.992. The fraction of sp³-hybridized carbons (Fsp3) is 0.438. The molecule has 1 aliphatic rings. The number of hydrogen-bond donors (Lipinski definition) is 1. The second-order valence-electron chi connectivity index (χ2n) is 5.57. The van der Waals surface area contributed by atoms with Gasteiger partial charge in [0.05, 0.1) is 5.69 Å². The van der Waals surface area contributed by atoms with Crippen molar-refractivity contribution in [2.24, 2.45) is 0 Å². The minimum atomic E-state index is 0.0799. The van der Waals surface area contributed by atoms with Gasteiger partial charge in [0.1, 0.15) is 4.88 Å². The average Bonchev–Trinajstić information content (AvgIpc) is 2.84. The highest BCUT2D eigenvalue weighted by atomic mass is 32.1. The third-order valence-corrected chi connectivity index (χ3v) is 5.46. The van der Waals surface area contributed by atoms with Crippen molar-refractivity contribution in [3.05, 3.63) is 29.1 Å². The molecule has 0 spiro atoms. The van der Waals surface area contributed by atoms with Crippen LogP contribution in [-0.4, -0.2) is 47.9 Å². The molecular weight excluding hydrogens is 282 g/mol. The van der Waals surface area contributed by atoms with Crippen LogP contribution in [0, 0.1) is 0 Å². The Kier molecular flexibility index (Phi) is 3.87. The zero-order chi connectivity index (χ0) is 15.0. The minimum absolute atomic E-state index is 0.0799. The van der Waals surface area contributed by atoms with Crippen LogP contribution in [0.5, 0.6) is 0 Å². The lowest BCUT2D eigenvalue weighted by atomic mass is 10.1. The minimum Gasteiger partial charge on any atom is -0.397 e. The Bertz CT molecular complexity index is 667. The molecule has 1 aliphatic heterocycles. The number of rotatable bonds is 2. The summed E-state index contributed by atoms with van der Waals surface area (Å²) in [7, 11) is 0. The molecule has 1 unspecified atom stereocenters. The van der Waals surface area contributed by atoms with Gasteiger partial charge in [0.15, 0.2) is 0 Å². The summed E-state index contributed by atoms with van der Waals surface area (Å²) in [5.41, 5.74) is 6.82. The number of carbonyl (C=O) groups is 1. The fourth-order valence-electron chi connectivity index (χ4n) is 3.02. The van der Waals surface area contributed by atoms with E-state index in [2.05, 4.69) is 18.7 Å². The van der Waals surface area contributed by atoms with Gasteiger partial charge in [-0.15, -0.1) is 11.3 Å². The molecule has 0 aliphatic carbocycles. The third kappa shape index (κ3) is 2.51. The molecule has 21 heavy (non-hydrogen) atoms. The quantitative estimate of drug-likeness (QED) is 0.928. The monoisotopic (exact) mass is 303 g/mol. The molecule has 1 atom stereocenters. The Balaban J connectivity index is 1.86. The number of anilines is 1. The van der Waals surface area contributed by atoms with Crippen molar-refractivity contribution in [2.75, 3.05) is 31.9 Å². The van der Waals surface area contributed by atoms with Crippen molar-refractivity contribution in [2.45, 2.75) is 19.9 Å². The van der Waals surface area contributed by atoms with Crippen molar-refractivity contribution in [3.8, 4) is 0 Å². The summed E-state index contributed by atoms with van der Waals surface area (Å²) in [6, 6.07) is 8.35. The van der Waals surface area contributed by atoms with Crippen LogP contribution in [-0.2, 0) is 0 Å². The summed E-state index contributed by atoms with van der Waals surface area (Å²) < 4.78 is 1.08. The number of thiophene rings is 1. The SMILES string of the molecule is CCN1CCN(C(=O)c2sc3ccccc3c2N)CC1C. The molecule has 5 heteroatoms. The standard InChI is InChI=1S/C16H21N3OS/c1-3-18-8-9-19(10-11(18)2)16(20)15-14(17)12-6-4-5-7-13(12)21-15/h4-7,11H,3,8-10,17H2,1-2H3. The molecule has 1 aromatic heterocycles. The van der Waals surface area contributed by atoms with Crippen molar-refractivity contribution in [3.63, 3.8) is 0 Å². The highest BCUT2D eigenvalue weighted by molar-refractivity contribution is 7.21. The van der Waals surface area contributed by atoms with E-state index in [0.717, 1.165) is 36.3 Å². The van der Waals surface area contributed by atoms with Gasteiger partial charge < -0.3 is 10.6 Å². The summed E-state index contributed by atoms with van der Waals surface area (Å²) in [4.78, 5) is 17.8. The predicted octanol–water partition coefficient (Wildman–Crippen LogP) is 2.65. The largest absolute Gasteiger partial charge is 0.397 e. The van der Waals surface area contributed by atoms with Gasteiger partial charge in [-0.1, -0.05) is 25.1 Å². The van der Waals surface area contributed by atoms with E-state index in [1.54, 1.807) is 0 Å². The van der Waals surface area contributed by atoms with Gasteiger partial charge in [0.2, 0.25) is 0 Å². The van der Waals surface area contributed by atoms with E-state index in [-0.39, 0.29) is 5.91 Å². The second-order valence-corrected chi connectivity index (χ2v) is 6.62. The first-order chi connectivity index (χ1) is 10.1. The first kappa shape index (κ1) is 14.4. The maximum absolute atomic E-state index is 12.8. The Morgan fingerprint density at radius 2 is 2.14 bits per heavy atom. The van der Waals surface area contributed by atoms with Gasteiger partial charge in [-0.2, -0.15) is 0 Å². The van der Waals surface area contributed by atoms with Gasteiger partial charge in [-0.25, -0.2) is 0 Å². The topological polar surface area (TPSA) is 49.6 Å². The van der Waals surface area contributed by atoms with Crippen LogP contribution < -0.4 is 5.73 Å². The molecule has 3 rings (SSSR count). The number of nitrogens with zero attached hydrogens (tertiary/aromatic N) is 2. The van der Waals surface area contributed by atoms with Crippen LogP contribution in [0.1, 0.15) is 23.5 Å². The number of likely N-dealkylation sites (N-methyl/N-ethyl adjacent to an activating group) is 1. The number of hydrogen-bond acceptors (Lipinski definition) is 4. The van der Waals surface area contributed by atoms with Gasteiger partial charge in [0, 0.05) is 35.8 Å². The van der Waals surface area contributed by atoms with E-state index < -0.39 is 0 Å². The highest BCUT2D eigenvalue weighted by Gasteiger charge is 2.28. The van der Waals surface area contributed by atoms with Crippen LogP contribution in [0.2, 0.25) is 0 Å². The smallest absolute Gasteiger partial charge is 0.266 e. The Morgan fingerprint density at radius 1 is 1.38 bits per heavy atom. The Hall–Kier alpha value is -1.59. The molecule has 0 radical (unpaired) electrons. The molecule has 0 saturated carbocycles. The molecule has 1 aromatic carbocycles. The lowest BCUT2D eigenvalue weighted by Crippen LogP contribution is -2.53. The molecule has 0 bridgehead atoms. The number of nitrogens with two attached hydrogens (primary N) is 1. The number of piperazine rings is 1. The molecule has 1 saturated heterocycles. The van der Waals surface area contributed by atoms with Gasteiger partial charge >= 0.3 is 0 Å². The van der Waals surface area contributed by atoms with E-state index in [1.807, 2.05) is 29.2 Å². The predicted molar refractivity (Wildman–Crippen MR) is 88.8 cm³/mol. The lowest BCUT2D eigenvalue weighted by molar-refractivity contribution is 0.0533. The van der Waals surface area contributed by atoms with Gasteiger partial charge in [-0.05, 0) is 19.5 Å². The van der Waals surface area contributed by atoms with E-state index in [4.69, 9.17) is 5.73 Å². The molecule has 1 amide bonds.